The number of rotatable bonds is 7. The predicted molar refractivity (Wildman–Crippen MR) is 122 cm³/mol. The summed E-state index contributed by atoms with van der Waals surface area (Å²) in [5.74, 6) is 1.54. The van der Waals surface area contributed by atoms with Crippen molar-refractivity contribution in [2.75, 3.05) is 66.1 Å². The minimum Gasteiger partial charge on any atom is -0.379 e. The molecule has 0 spiro atoms. The van der Waals surface area contributed by atoms with Crippen LogP contribution in [0.5, 0.6) is 0 Å². The molecule has 2 saturated heterocycles. The summed E-state index contributed by atoms with van der Waals surface area (Å²) in [6.45, 7) is 17.3. The summed E-state index contributed by atoms with van der Waals surface area (Å²) >= 11 is 0. The van der Waals surface area contributed by atoms with Crippen LogP contribution in [0.15, 0.2) is 4.99 Å². The van der Waals surface area contributed by atoms with E-state index >= 15 is 0 Å². The molecule has 8 heteroatoms. The van der Waals surface area contributed by atoms with Crippen LogP contribution < -0.4 is 10.6 Å². The van der Waals surface area contributed by atoms with Crippen molar-refractivity contribution in [3.8, 4) is 0 Å². The van der Waals surface area contributed by atoms with Gasteiger partial charge in [0, 0.05) is 58.4 Å². The molecule has 0 saturated carbocycles. The Balaban J connectivity index is 0.00000364. The zero-order chi connectivity index (χ0) is 18.9. The van der Waals surface area contributed by atoms with E-state index in [1.54, 1.807) is 0 Å². The van der Waals surface area contributed by atoms with Crippen LogP contribution in [-0.4, -0.2) is 100 Å². The van der Waals surface area contributed by atoms with Crippen LogP contribution in [0.3, 0.4) is 0 Å². The highest BCUT2D eigenvalue weighted by Crippen LogP contribution is 2.10. The molecule has 2 N–H and O–H groups in total. The van der Waals surface area contributed by atoms with E-state index in [0.717, 1.165) is 65.0 Å². The molecule has 2 rings (SSSR count). The minimum atomic E-state index is 0. The number of aliphatic imine (C=N–C) groups is 1. The molecule has 2 aliphatic heterocycles. The van der Waals surface area contributed by atoms with Gasteiger partial charge in [-0.3, -0.25) is 14.8 Å². The number of nitrogens with one attached hydrogen (secondary N) is 2. The molecule has 27 heavy (non-hydrogen) atoms. The Bertz CT molecular complexity index is 438. The van der Waals surface area contributed by atoms with Crippen molar-refractivity contribution in [3.63, 3.8) is 0 Å². The second-order valence-electron chi connectivity index (χ2n) is 7.99. The van der Waals surface area contributed by atoms with Gasteiger partial charge in [0.1, 0.15) is 0 Å². The molecule has 3 unspecified atom stereocenters. The number of morpholine rings is 2. The highest BCUT2D eigenvalue weighted by Gasteiger charge is 2.24. The van der Waals surface area contributed by atoms with E-state index in [2.05, 4.69) is 53.1 Å². The molecular weight excluding hydrogens is 457 g/mol. The quantitative estimate of drug-likeness (QED) is 0.314. The fraction of sp³-hybridized carbons (Fsp3) is 0.947. The van der Waals surface area contributed by atoms with E-state index in [1.165, 1.54) is 0 Å². The standard InChI is InChI=1S/C19H39N5O2.HI/c1-15(2)12-23-6-9-26-18(13-23)11-22-19(20-5)21-10-16(3)24-7-8-25-14-17(24)4;/h15-18H,6-14H2,1-5H3,(H2,20,21,22);1H. The van der Waals surface area contributed by atoms with E-state index in [0.29, 0.717) is 18.0 Å². The van der Waals surface area contributed by atoms with Crippen LogP contribution in [0.25, 0.3) is 0 Å². The van der Waals surface area contributed by atoms with Gasteiger partial charge in [-0.15, -0.1) is 24.0 Å². The number of hydrogen-bond donors (Lipinski definition) is 2. The predicted octanol–water partition coefficient (Wildman–Crippen LogP) is 1.24. The maximum Gasteiger partial charge on any atom is 0.191 e. The van der Waals surface area contributed by atoms with E-state index < -0.39 is 0 Å². The summed E-state index contributed by atoms with van der Waals surface area (Å²) in [6.07, 6.45) is 0.220. The van der Waals surface area contributed by atoms with Gasteiger partial charge >= 0.3 is 0 Å². The van der Waals surface area contributed by atoms with Crippen LogP contribution in [0.2, 0.25) is 0 Å². The second kappa shape index (κ2) is 13.1. The largest absolute Gasteiger partial charge is 0.379 e. The topological polar surface area (TPSA) is 61.4 Å². The molecule has 2 aliphatic rings. The third kappa shape index (κ3) is 8.81. The Morgan fingerprint density at radius 1 is 1.19 bits per heavy atom. The smallest absolute Gasteiger partial charge is 0.191 e. The van der Waals surface area contributed by atoms with Crippen molar-refractivity contribution in [2.45, 2.75) is 45.9 Å². The van der Waals surface area contributed by atoms with Gasteiger partial charge in [0.05, 0.1) is 25.9 Å². The lowest BCUT2D eigenvalue weighted by molar-refractivity contribution is -0.0285. The van der Waals surface area contributed by atoms with Crippen molar-refractivity contribution >= 4 is 29.9 Å². The van der Waals surface area contributed by atoms with Crippen molar-refractivity contribution in [2.24, 2.45) is 10.9 Å². The van der Waals surface area contributed by atoms with E-state index in [4.69, 9.17) is 9.47 Å². The zero-order valence-electron chi connectivity index (χ0n) is 17.7. The molecule has 0 aromatic rings. The Labute approximate surface area is 182 Å². The van der Waals surface area contributed by atoms with Crippen molar-refractivity contribution in [1.29, 1.82) is 0 Å². The first kappa shape index (κ1) is 24.9. The van der Waals surface area contributed by atoms with Crippen molar-refractivity contribution in [3.05, 3.63) is 0 Å². The van der Waals surface area contributed by atoms with Gasteiger partial charge in [0.25, 0.3) is 0 Å². The van der Waals surface area contributed by atoms with Gasteiger partial charge in [0.2, 0.25) is 0 Å². The van der Waals surface area contributed by atoms with Crippen molar-refractivity contribution in [1.82, 2.24) is 20.4 Å². The summed E-state index contributed by atoms with van der Waals surface area (Å²) in [4.78, 5) is 9.35. The van der Waals surface area contributed by atoms with Gasteiger partial charge in [-0.1, -0.05) is 13.8 Å². The molecule has 0 bridgehead atoms. The summed E-state index contributed by atoms with van der Waals surface area (Å²) in [5.41, 5.74) is 0. The molecular formula is C19H40IN5O2. The first-order valence-corrected chi connectivity index (χ1v) is 10.1. The maximum absolute atomic E-state index is 5.91. The highest BCUT2D eigenvalue weighted by molar-refractivity contribution is 14.0. The van der Waals surface area contributed by atoms with Gasteiger partial charge < -0.3 is 20.1 Å². The average molecular weight is 497 g/mol. The lowest BCUT2D eigenvalue weighted by Gasteiger charge is -2.38. The summed E-state index contributed by atoms with van der Waals surface area (Å²) in [6, 6.07) is 0.915. The number of guanidine groups is 1. The molecule has 0 amide bonds. The molecule has 2 fully saturated rings. The third-order valence-corrected chi connectivity index (χ3v) is 5.12. The zero-order valence-corrected chi connectivity index (χ0v) is 20.1. The van der Waals surface area contributed by atoms with Gasteiger partial charge in [-0.05, 0) is 19.8 Å². The highest BCUT2D eigenvalue weighted by atomic mass is 127. The maximum atomic E-state index is 5.91. The fourth-order valence-electron chi connectivity index (χ4n) is 3.77. The Morgan fingerprint density at radius 3 is 2.63 bits per heavy atom. The van der Waals surface area contributed by atoms with Crippen LogP contribution in [0.1, 0.15) is 27.7 Å². The summed E-state index contributed by atoms with van der Waals surface area (Å²) in [7, 11) is 1.82. The molecule has 160 valence electrons. The van der Waals surface area contributed by atoms with E-state index in [-0.39, 0.29) is 30.1 Å². The monoisotopic (exact) mass is 497 g/mol. The number of nitrogens with zero attached hydrogens (tertiary/aromatic N) is 3. The first-order chi connectivity index (χ1) is 12.5. The average Bonchev–Trinajstić information content (AvgIpc) is 2.62. The van der Waals surface area contributed by atoms with Gasteiger partial charge in [-0.2, -0.15) is 0 Å². The van der Waals surface area contributed by atoms with E-state index in [9.17, 15) is 0 Å². The summed E-state index contributed by atoms with van der Waals surface area (Å²) in [5, 5.41) is 6.88. The Morgan fingerprint density at radius 2 is 1.96 bits per heavy atom. The SMILES string of the molecule is CN=C(NCC1CN(CC(C)C)CCO1)NCC(C)N1CCOCC1C.I. The number of hydrogen-bond acceptors (Lipinski definition) is 5. The fourth-order valence-corrected chi connectivity index (χ4v) is 3.77. The summed E-state index contributed by atoms with van der Waals surface area (Å²) < 4.78 is 11.4. The molecule has 3 atom stereocenters. The Hall–Kier alpha value is -0.160. The molecule has 0 aromatic carbocycles. The minimum absolute atomic E-state index is 0. The molecule has 0 radical (unpaired) electrons. The van der Waals surface area contributed by atoms with Crippen LogP contribution in [0, 0.1) is 5.92 Å². The lowest BCUT2D eigenvalue weighted by atomic mass is 10.2. The van der Waals surface area contributed by atoms with Gasteiger partial charge in [-0.25, -0.2) is 0 Å². The second-order valence-corrected chi connectivity index (χ2v) is 7.99. The molecule has 0 aromatic heterocycles. The third-order valence-electron chi connectivity index (χ3n) is 5.12. The van der Waals surface area contributed by atoms with Crippen LogP contribution in [-0.2, 0) is 9.47 Å². The van der Waals surface area contributed by atoms with Crippen LogP contribution in [0.4, 0.5) is 0 Å². The molecule has 2 heterocycles. The molecule has 7 nitrogen and oxygen atoms in total. The number of ether oxygens (including phenoxy) is 2. The van der Waals surface area contributed by atoms with E-state index in [1.807, 2.05) is 7.05 Å². The normalized spacial score (nSPS) is 26.5. The first-order valence-electron chi connectivity index (χ1n) is 10.1. The number of halogens is 1. The van der Waals surface area contributed by atoms with Crippen molar-refractivity contribution < 1.29 is 9.47 Å². The van der Waals surface area contributed by atoms with Crippen LogP contribution >= 0.6 is 24.0 Å². The lowest BCUT2D eigenvalue weighted by Crippen LogP contribution is -2.54. The van der Waals surface area contributed by atoms with Gasteiger partial charge in [0.15, 0.2) is 5.96 Å². The Kier molecular flexibility index (Phi) is 12.1. The molecule has 0 aliphatic carbocycles.